The van der Waals surface area contributed by atoms with Gasteiger partial charge in [0.2, 0.25) is 11.8 Å². The average molecular weight is 312 g/mol. The summed E-state index contributed by atoms with van der Waals surface area (Å²) in [6, 6.07) is 13.9. The zero-order chi connectivity index (χ0) is 16.8. The number of rotatable bonds is 6. The maximum atomic E-state index is 12.0. The Balaban J connectivity index is 1.89. The Bertz CT molecular complexity index is 697. The van der Waals surface area contributed by atoms with Gasteiger partial charge in [-0.1, -0.05) is 42.5 Å². The van der Waals surface area contributed by atoms with Gasteiger partial charge in [0, 0.05) is 20.0 Å². The number of fused-ring (bicyclic) bond motifs is 1. The standard InChI is InChI=1S/C19H24N2O2/c1-4-21(3)19(23)14(2)20-18(22)12-10-15-9-11-16-7-5-6-8-17(16)13-15/h5-9,11,13-14H,4,10,12H2,1-3H3,(H,20,22)/t14-/m0/s1. The zero-order valence-electron chi connectivity index (χ0n) is 14.0. The van der Waals surface area contributed by atoms with E-state index in [0.717, 1.165) is 5.56 Å². The van der Waals surface area contributed by atoms with Crippen LogP contribution in [0.4, 0.5) is 0 Å². The van der Waals surface area contributed by atoms with Crippen molar-refractivity contribution in [3.8, 4) is 0 Å². The van der Waals surface area contributed by atoms with E-state index in [1.165, 1.54) is 10.8 Å². The molecule has 0 aliphatic heterocycles. The summed E-state index contributed by atoms with van der Waals surface area (Å²) < 4.78 is 0. The smallest absolute Gasteiger partial charge is 0.244 e. The number of likely N-dealkylation sites (N-methyl/N-ethyl adjacent to an activating group) is 1. The summed E-state index contributed by atoms with van der Waals surface area (Å²) in [5.74, 6) is -0.157. The Morgan fingerprint density at radius 1 is 1.13 bits per heavy atom. The first-order valence-electron chi connectivity index (χ1n) is 8.03. The molecule has 122 valence electrons. The number of hydrogen-bond acceptors (Lipinski definition) is 2. The molecular weight excluding hydrogens is 288 g/mol. The highest BCUT2D eigenvalue weighted by Gasteiger charge is 2.18. The number of amides is 2. The molecule has 0 aliphatic rings. The molecule has 2 aromatic rings. The largest absolute Gasteiger partial charge is 0.345 e. The van der Waals surface area contributed by atoms with Gasteiger partial charge in [-0.25, -0.2) is 0 Å². The minimum absolute atomic E-state index is 0.0634. The summed E-state index contributed by atoms with van der Waals surface area (Å²) in [7, 11) is 1.74. The number of carbonyl (C=O) groups is 2. The highest BCUT2D eigenvalue weighted by atomic mass is 16.2. The summed E-state index contributed by atoms with van der Waals surface area (Å²) in [6.07, 6.45) is 1.05. The predicted octanol–water partition coefficient (Wildman–Crippen LogP) is 2.76. The van der Waals surface area contributed by atoms with Crippen molar-refractivity contribution in [2.45, 2.75) is 32.7 Å². The number of carbonyl (C=O) groups excluding carboxylic acids is 2. The van der Waals surface area contributed by atoms with Gasteiger partial charge in [0.05, 0.1) is 0 Å². The van der Waals surface area contributed by atoms with Crippen molar-refractivity contribution in [2.75, 3.05) is 13.6 Å². The van der Waals surface area contributed by atoms with Crippen molar-refractivity contribution in [3.05, 3.63) is 48.0 Å². The molecule has 0 radical (unpaired) electrons. The van der Waals surface area contributed by atoms with Crippen LogP contribution < -0.4 is 5.32 Å². The number of nitrogens with one attached hydrogen (secondary N) is 1. The monoisotopic (exact) mass is 312 g/mol. The van der Waals surface area contributed by atoms with Gasteiger partial charge in [0.15, 0.2) is 0 Å². The van der Waals surface area contributed by atoms with E-state index in [1.54, 1.807) is 18.9 Å². The van der Waals surface area contributed by atoms with Gasteiger partial charge < -0.3 is 10.2 Å². The van der Waals surface area contributed by atoms with E-state index < -0.39 is 6.04 Å². The van der Waals surface area contributed by atoms with E-state index in [-0.39, 0.29) is 11.8 Å². The van der Waals surface area contributed by atoms with Gasteiger partial charge in [0.25, 0.3) is 0 Å². The van der Waals surface area contributed by atoms with Crippen molar-refractivity contribution in [2.24, 2.45) is 0 Å². The minimum Gasteiger partial charge on any atom is -0.345 e. The van der Waals surface area contributed by atoms with Crippen molar-refractivity contribution >= 4 is 22.6 Å². The first-order chi connectivity index (χ1) is 11.0. The molecule has 2 rings (SSSR count). The molecule has 0 aliphatic carbocycles. The Morgan fingerprint density at radius 2 is 1.83 bits per heavy atom. The Kier molecular flexibility index (Phi) is 5.74. The summed E-state index contributed by atoms with van der Waals surface area (Å²) in [5.41, 5.74) is 1.13. The third-order valence-electron chi connectivity index (χ3n) is 4.05. The molecule has 23 heavy (non-hydrogen) atoms. The molecule has 0 saturated heterocycles. The lowest BCUT2D eigenvalue weighted by atomic mass is 10.0. The molecule has 0 bridgehead atoms. The van der Waals surface area contributed by atoms with Crippen LogP contribution in [0.15, 0.2) is 42.5 Å². The third-order valence-corrected chi connectivity index (χ3v) is 4.05. The Morgan fingerprint density at radius 3 is 2.52 bits per heavy atom. The molecular formula is C19H24N2O2. The predicted molar refractivity (Wildman–Crippen MR) is 93.2 cm³/mol. The maximum Gasteiger partial charge on any atom is 0.244 e. The van der Waals surface area contributed by atoms with Gasteiger partial charge >= 0.3 is 0 Å². The SMILES string of the molecule is CCN(C)C(=O)[C@H](C)NC(=O)CCc1ccc2ccccc2c1. The van der Waals surface area contributed by atoms with Crippen LogP contribution in [0.2, 0.25) is 0 Å². The van der Waals surface area contributed by atoms with E-state index in [4.69, 9.17) is 0 Å². The van der Waals surface area contributed by atoms with Gasteiger partial charge in [-0.15, -0.1) is 0 Å². The third kappa shape index (κ3) is 4.55. The highest BCUT2D eigenvalue weighted by Crippen LogP contribution is 2.16. The lowest BCUT2D eigenvalue weighted by molar-refractivity contribution is -0.134. The van der Waals surface area contributed by atoms with Gasteiger partial charge in [0.1, 0.15) is 6.04 Å². The van der Waals surface area contributed by atoms with Crippen LogP contribution >= 0.6 is 0 Å². The van der Waals surface area contributed by atoms with Gasteiger partial charge in [-0.3, -0.25) is 9.59 Å². The fourth-order valence-corrected chi connectivity index (χ4v) is 2.51. The van der Waals surface area contributed by atoms with Crippen LogP contribution in [0.5, 0.6) is 0 Å². The first kappa shape index (κ1) is 17.0. The minimum atomic E-state index is -0.482. The van der Waals surface area contributed by atoms with Crippen molar-refractivity contribution in [1.82, 2.24) is 10.2 Å². The normalized spacial score (nSPS) is 12.0. The molecule has 4 nitrogen and oxygen atoms in total. The molecule has 0 spiro atoms. The van der Waals surface area contributed by atoms with Crippen molar-refractivity contribution in [3.63, 3.8) is 0 Å². The molecule has 0 saturated carbocycles. The fraction of sp³-hybridized carbons (Fsp3) is 0.368. The van der Waals surface area contributed by atoms with Crippen LogP contribution in [0.3, 0.4) is 0 Å². The molecule has 1 atom stereocenters. The number of hydrogen-bond donors (Lipinski definition) is 1. The quantitative estimate of drug-likeness (QED) is 0.891. The Hall–Kier alpha value is -2.36. The molecule has 0 fully saturated rings. The van der Waals surface area contributed by atoms with Crippen LogP contribution in [0.1, 0.15) is 25.8 Å². The lowest BCUT2D eigenvalue weighted by Crippen LogP contribution is -2.45. The number of nitrogens with zero attached hydrogens (tertiary/aromatic N) is 1. The molecule has 0 heterocycles. The Labute approximate surface area is 137 Å². The van der Waals surface area contributed by atoms with E-state index in [9.17, 15) is 9.59 Å². The zero-order valence-corrected chi connectivity index (χ0v) is 14.0. The average Bonchev–Trinajstić information content (AvgIpc) is 2.58. The molecule has 0 unspecified atom stereocenters. The van der Waals surface area contributed by atoms with Crippen molar-refractivity contribution in [1.29, 1.82) is 0 Å². The van der Waals surface area contributed by atoms with E-state index in [0.29, 0.717) is 19.4 Å². The maximum absolute atomic E-state index is 12.0. The summed E-state index contributed by atoms with van der Waals surface area (Å²) in [4.78, 5) is 25.6. The fourth-order valence-electron chi connectivity index (χ4n) is 2.51. The summed E-state index contributed by atoms with van der Waals surface area (Å²) >= 11 is 0. The molecule has 2 amide bonds. The van der Waals surface area contributed by atoms with Crippen LogP contribution in [-0.4, -0.2) is 36.3 Å². The number of aryl methyl sites for hydroxylation is 1. The van der Waals surface area contributed by atoms with E-state index in [2.05, 4.69) is 35.6 Å². The van der Waals surface area contributed by atoms with E-state index >= 15 is 0 Å². The highest BCUT2D eigenvalue weighted by molar-refractivity contribution is 5.87. The van der Waals surface area contributed by atoms with Gasteiger partial charge in [-0.05, 0) is 36.6 Å². The van der Waals surface area contributed by atoms with Crippen molar-refractivity contribution < 1.29 is 9.59 Å². The molecule has 0 aromatic heterocycles. The summed E-state index contributed by atoms with van der Waals surface area (Å²) in [5, 5.41) is 5.15. The topological polar surface area (TPSA) is 49.4 Å². The molecule has 4 heteroatoms. The lowest BCUT2D eigenvalue weighted by Gasteiger charge is -2.20. The van der Waals surface area contributed by atoms with E-state index in [1.807, 2.05) is 19.1 Å². The second-order valence-electron chi connectivity index (χ2n) is 5.82. The second kappa shape index (κ2) is 7.77. The number of benzene rings is 2. The molecule has 1 N–H and O–H groups in total. The van der Waals surface area contributed by atoms with Crippen LogP contribution in [0.25, 0.3) is 10.8 Å². The second-order valence-corrected chi connectivity index (χ2v) is 5.82. The van der Waals surface area contributed by atoms with Crippen LogP contribution in [-0.2, 0) is 16.0 Å². The first-order valence-corrected chi connectivity index (χ1v) is 8.03. The summed E-state index contributed by atoms with van der Waals surface area (Å²) in [6.45, 7) is 4.27. The van der Waals surface area contributed by atoms with Crippen LogP contribution in [0, 0.1) is 0 Å². The molecule has 2 aromatic carbocycles. The van der Waals surface area contributed by atoms with Gasteiger partial charge in [-0.2, -0.15) is 0 Å².